The smallest absolute Gasteiger partial charge is 0.243 e. The summed E-state index contributed by atoms with van der Waals surface area (Å²) in [6, 6.07) is 13.2. The number of benzene rings is 2. The van der Waals surface area contributed by atoms with Crippen molar-refractivity contribution in [3.05, 3.63) is 54.1 Å². The van der Waals surface area contributed by atoms with Crippen molar-refractivity contribution < 1.29 is 18.3 Å². The normalized spacial score (nSPS) is 15.7. The first-order valence-corrected chi connectivity index (χ1v) is 10.8. The van der Waals surface area contributed by atoms with Gasteiger partial charge in [0.2, 0.25) is 10.0 Å². The van der Waals surface area contributed by atoms with Crippen molar-refractivity contribution >= 4 is 38.8 Å². The number of nitrogens with zero attached hydrogens (tertiary/aromatic N) is 2. The molecule has 0 aliphatic carbocycles. The number of hydrogen-bond donors (Lipinski definition) is 3. The third-order valence-electron chi connectivity index (χ3n) is 4.34. The number of ether oxygens (including phenoxy) is 1. The van der Waals surface area contributed by atoms with E-state index in [0.717, 1.165) is 0 Å². The van der Waals surface area contributed by atoms with E-state index < -0.39 is 10.0 Å². The fraction of sp³-hybridized carbons (Fsp3) is 0.263. The van der Waals surface area contributed by atoms with E-state index in [1.54, 1.807) is 43.3 Å². The molecule has 0 amide bonds. The molecule has 3 N–H and O–H groups in total. The van der Waals surface area contributed by atoms with E-state index in [0.29, 0.717) is 43.3 Å². The number of hydrazone groups is 1. The molecule has 1 saturated heterocycles. The lowest BCUT2D eigenvalue weighted by Crippen LogP contribution is -2.40. The first-order valence-electron chi connectivity index (χ1n) is 8.95. The maximum Gasteiger partial charge on any atom is 0.243 e. The number of phenols is 1. The van der Waals surface area contributed by atoms with Crippen molar-refractivity contribution in [2.45, 2.75) is 11.8 Å². The van der Waals surface area contributed by atoms with E-state index in [9.17, 15) is 13.5 Å². The Kier molecular flexibility index (Phi) is 6.80. The van der Waals surface area contributed by atoms with E-state index in [2.05, 4.69) is 15.8 Å². The first-order chi connectivity index (χ1) is 13.9. The fourth-order valence-corrected chi connectivity index (χ4v) is 4.35. The third-order valence-corrected chi connectivity index (χ3v) is 6.45. The van der Waals surface area contributed by atoms with Crippen LogP contribution in [0.3, 0.4) is 0 Å². The molecule has 29 heavy (non-hydrogen) atoms. The summed E-state index contributed by atoms with van der Waals surface area (Å²) in [6.07, 6.45) is 0. The maximum atomic E-state index is 12.6. The highest BCUT2D eigenvalue weighted by atomic mass is 32.2. The minimum atomic E-state index is -3.53. The van der Waals surface area contributed by atoms with Crippen molar-refractivity contribution in [3.63, 3.8) is 0 Å². The van der Waals surface area contributed by atoms with Crippen LogP contribution >= 0.6 is 12.2 Å². The molecule has 0 unspecified atom stereocenters. The third kappa shape index (κ3) is 5.30. The summed E-state index contributed by atoms with van der Waals surface area (Å²) in [5.74, 6) is 0.131. The molecule has 8 nitrogen and oxygen atoms in total. The molecule has 1 aliphatic rings. The van der Waals surface area contributed by atoms with Crippen LogP contribution in [-0.4, -0.2) is 55.0 Å². The Morgan fingerprint density at radius 2 is 1.79 bits per heavy atom. The highest BCUT2D eigenvalue weighted by Gasteiger charge is 2.26. The molecule has 2 aromatic carbocycles. The molecule has 154 valence electrons. The average Bonchev–Trinajstić information content (AvgIpc) is 2.73. The quantitative estimate of drug-likeness (QED) is 0.376. The summed E-state index contributed by atoms with van der Waals surface area (Å²) in [5, 5.41) is 17.2. The van der Waals surface area contributed by atoms with Gasteiger partial charge in [0, 0.05) is 24.3 Å². The van der Waals surface area contributed by atoms with E-state index in [1.807, 2.05) is 0 Å². The van der Waals surface area contributed by atoms with Crippen LogP contribution in [0, 0.1) is 0 Å². The molecule has 1 aliphatic heterocycles. The van der Waals surface area contributed by atoms with Crippen LogP contribution in [0.15, 0.2) is 58.5 Å². The largest absolute Gasteiger partial charge is 0.507 e. The number of para-hydroxylation sites is 1. The van der Waals surface area contributed by atoms with Gasteiger partial charge in [-0.3, -0.25) is 5.43 Å². The van der Waals surface area contributed by atoms with Crippen molar-refractivity contribution in [1.82, 2.24) is 9.73 Å². The Morgan fingerprint density at radius 3 is 2.45 bits per heavy atom. The Morgan fingerprint density at radius 1 is 1.14 bits per heavy atom. The summed E-state index contributed by atoms with van der Waals surface area (Å²) in [7, 11) is -3.53. The lowest BCUT2D eigenvalue weighted by molar-refractivity contribution is 0.0730. The van der Waals surface area contributed by atoms with Gasteiger partial charge in [-0.1, -0.05) is 12.1 Å². The summed E-state index contributed by atoms with van der Waals surface area (Å²) in [4.78, 5) is 0.220. The molecule has 0 aromatic heterocycles. The molecule has 1 fully saturated rings. The van der Waals surface area contributed by atoms with Crippen molar-refractivity contribution in [2.24, 2.45) is 5.10 Å². The summed E-state index contributed by atoms with van der Waals surface area (Å²) < 4.78 is 31.9. The molecule has 0 bridgehead atoms. The van der Waals surface area contributed by atoms with Gasteiger partial charge in [-0.2, -0.15) is 9.41 Å². The van der Waals surface area contributed by atoms with Crippen molar-refractivity contribution in [1.29, 1.82) is 0 Å². The molecule has 0 radical (unpaired) electrons. The van der Waals surface area contributed by atoms with Crippen LogP contribution in [0.1, 0.15) is 12.5 Å². The standard InChI is InChI=1S/C19H22N4O4S2/c1-14(17-4-2-3-5-18(17)24)21-22-19(28)20-15-6-8-16(9-7-15)29(25,26)23-10-12-27-13-11-23/h2-9,24H,10-13H2,1H3,(H2,20,22,28). The molecule has 10 heteroatoms. The Bertz CT molecular complexity index is 1000. The lowest BCUT2D eigenvalue weighted by atomic mass is 10.1. The van der Waals surface area contributed by atoms with Gasteiger partial charge in [0.25, 0.3) is 0 Å². The van der Waals surface area contributed by atoms with Crippen LogP contribution in [0.25, 0.3) is 0 Å². The Balaban J connectivity index is 1.61. The highest BCUT2D eigenvalue weighted by molar-refractivity contribution is 7.89. The van der Waals surface area contributed by atoms with Gasteiger partial charge in [0.15, 0.2) is 5.11 Å². The molecular weight excluding hydrogens is 412 g/mol. The van der Waals surface area contributed by atoms with E-state index >= 15 is 0 Å². The number of sulfonamides is 1. The van der Waals surface area contributed by atoms with Gasteiger partial charge in [0.1, 0.15) is 5.75 Å². The molecule has 2 aromatic rings. The van der Waals surface area contributed by atoms with Crippen LogP contribution in [0.2, 0.25) is 0 Å². The number of thiocarbonyl (C=S) groups is 1. The maximum absolute atomic E-state index is 12.6. The number of morpholine rings is 1. The molecule has 0 saturated carbocycles. The van der Waals surface area contributed by atoms with E-state index in [1.165, 1.54) is 16.4 Å². The van der Waals surface area contributed by atoms with Crippen molar-refractivity contribution in [3.8, 4) is 5.75 Å². The monoisotopic (exact) mass is 434 g/mol. The zero-order valence-corrected chi connectivity index (χ0v) is 17.5. The number of aromatic hydroxyl groups is 1. The summed E-state index contributed by atoms with van der Waals surface area (Å²) >= 11 is 5.21. The number of hydrogen-bond acceptors (Lipinski definition) is 6. The SMILES string of the molecule is CC(=NNC(=S)Nc1ccc(S(=O)(=O)N2CCOCC2)cc1)c1ccccc1O. The molecule has 1 heterocycles. The van der Waals surface area contributed by atoms with Crippen LogP contribution in [-0.2, 0) is 14.8 Å². The number of anilines is 1. The number of phenolic OH excluding ortho intramolecular Hbond substituents is 1. The van der Waals surface area contributed by atoms with Gasteiger partial charge in [-0.05, 0) is 55.5 Å². The minimum Gasteiger partial charge on any atom is -0.507 e. The van der Waals surface area contributed by atoms with Gasteiger partial charge in [-0.15, -0.1) is 0 Å². The fourth-order valence-electron chi connectivity index (χ4n) is 2.78. The predicted octanol–water partition coefficient (Wildman–Crippen LogP) is 2.12. The predicted molar refractivity (Wildman–Crippen MR) is 116 cm³/mol. The number of nitrogens with one attached hydrogen (secondary N) is 2. The summed E-state index contributed by atoms with van der Waals surface area (Å²) in [6.45, 7) is 3.25. The Hall–Kier alpha value is -2.53. The van der Waals surface area contributed by atoms with E-state index in [4.69, 9.17) is 17.0 Å². The molecule has 0 atom stereocenters. The lowest BCUT2D eigenvalue weighted by Gasteiger charge is -2.26. The summed E-state index contributed by atoms with van der Waals surface area (Å²) in [5.41, 5.74) is 4.50. The van der Waals surface area contributed by atoms with Crippen molar-refractivity contribution in [2.75, 3.05) is 31.6 Å². The second-order valence-electron chi connectivity index (χ2n) is 6.32. The second-order valence-corrected chi connectivity index (χ2v) is 8.67. The zero-order chi connectivity index (χ0) is 20.9. The minimum absolute atomic E-state index is 0.131. The molecule has 3 rings (SSSR count). The van der Waals surface area contributed by atoms with Gasteiger partial charge < -0.3 is 15.2 Å². The van der Waals surface area contributed by atoms with Crippen LogP contribution in [0.4, 0.5) is 5.69 Å². The molecule has 0 spiro atoms. The topological polar surface area (TPSA) is 103 Å². The van der Waals surface area contributed by atoms with Gasteiger partial charge in [-0.25, -0.2) is 8.42 Å². The zero-order valence-electron chi connectivity index (χ0n) is 15.8. The number of rotatable bonds is 5. The van der Waals surface area contributed by atoms with Crippen LogP contribution < -0.4 is 10.7 Å². The average molecular weight is 435 g/mol. The van der Waals surface area contributed by atoms with E-state index in [-0.39, 0.29) is 15.8 Å². The van der Waals surface area contributed by atoms with Crippen LogP contribution in [0.5, 0.6) is 5.75 Å². The first kappa shape index (κ1) is 21.2. The van der Waals surface area contributed by atoms with Gasteiger partial charge in [0.05, 0.1) is 23.8 Å². The second kappa shape index (κ2) is 9.31. The molecular formula is C19H22N4O4S2. The Labute approximate surface area is 175 Å². The van der Waals surface area contributed by atoms with Gasteiger partial charge >= 0.3 is 0 Å². The highest BCUT2D eigenvalue weighted by Crippen LogP contribution is 2.19.